The Morgan fingerprint density at radius 1 is 1.16 bits per heavy atom. The van der Waals surface area contributed by atoms with Crippen molar-refractivity contribution in [1.82, 2.24) is 9.97 Å². The normalized spacial score (nSPS) is 11.1. The third-order valence-electron chi connectivity index (χ3n) is 4.84. The maximum absolute atomic E-state index is 13.2. The lowest BCUT2D eigenvalue weighted by Crippen LogP contribution is -2.34. The topological polar surface area (TPSA) is 55.3 Å². The Bertz CT molecular complexity index is 1180. The highest BCUT2D eigenvalue weighted by atomic mass is 79.9. The number of aromatic nitrogens is 2. The van der Waals surface area contributed by atoms with Gasteiger partial charge in [-0.1, -0.05) is 59.3 Å². The van der Waals surface area contributed by atoms with Crippen LogP contribution in [0.15, 0.2) is 71.5 Å². The summed E-state index contributed by atoms with van der Waals surface area (Å²) < 4.78 is 7.79. The van der Waals surface area contributed by atoms with E-state index in [1.165, 1.54) is 16.9 Å². The van der Waals surface area contributed by atoms with E-state index >= 15 is 0 Å². The highest BCUT2D eigenvalue weighted by Crippen LogP contribution is 2.32. The molecule has 0 aliphatic heterocycles. The SMILES string of the molecule is CC(C)c1ccc(OCC(=O)N(Cc2cccnc2)c2nc3ccc(Br)cc3s2)cc1. The van der Waals surface area contributed by atoms with Crippen molar-refractivity contribution < 1.29 is 9.53 Å². The van der Waals surface area contributed by atoms with E-state index in [-0.39, 0.29) is 12.5 Å². The van der Waals surface area contributed by atoms with Gasteiger partial charge in [-0.05, 0) is 53.4 Å². The van der Waals surface area contributed by atoms with E-state index < -0.39 is 0 Å². The van der Waals surface area contributed by atoms with Gasteiger partial charge in [-0.2, -0.15) is 0 Å². The largest absolute Gasteiger partial charge is 0.484 e. The Kier molecular flexibility index (Phi) is 6.63. The third-order valence-corrected chi connectivity index (χ3v) is 6.38. The number of rotatable bonds is 7. The van der Waals surface area contributed by atoms with Gasteiger partial charge in [-0.3, -0.25) is 14.7 Å². The first-order valence-electron chi connectivity index (χ1n) is 9.98. The van der Waals surface area contributed by atoms with Gasteiger partial charge < -0.3 is 4.74 Å². The third kappa shape index (κ3) is 5.29. The van der Waals surface area contributed by atoms with Gasteiger partial charge in [-0.25, -0.2) is 4.98 Å². The number of amides is 1. The molecule has 2 heterocycles. The van der Waals surface area contributed by atoms with E-state index in [1.54, 1.807) is 17.3 Å². The number of ether oxygens (including phenoxy) is 1. The van der Waals surface area contributed by atoms with Crippen molar-refractivity contribution in [3.63, 3.8) is 0 Å². The number of nitrogens with zero attached hydrogens (tertiary/aromatic N) is 3. The zero-order valence-electron chi connectivity index (χ0n) is 17.3. The molecule has 0 saturated heterocycles. The van der Waals surface area contributed by atoms with Crippen LogP contribution in [0.4, 0.5) is 5.13 Å². The Balaban J connectivity index is 1.56. The number of hydrogen-bond acceptors (Lipinski definition) is 5. The fourth-order valence-corrected chi connectivity index (χ4v) is 4.64. The standard InChI is InChI=1S/C24H22BrN3O2S/c1-16(2)18-5-8-20(9-6-18)30-15-23(29)28(14-17-4-3-11-26-13-17)24-27-21-10-7-19(25)12-22(21)31-24/h3-13,16H,14-15H2,1-2H3. The van der Waals surface area contributed by atoms with Crippen molar-refractivity contribution in [2.45, 2.75) is 26.3 Å². The molecule has 0 N–H and O–H groups in total. The van der Waals surface area contributed by atoms with Gasteiger partial charge in [0.15, 0.2) is 11.7 Å². The minimum absolute atomic E-state index is 0.0685. The molecule has 0 aliphatic carbocycles. The van der Waals surface area contributed by atoms with E-state index in [0.717, 1.165) is 20.3 Å². The lowest BCUT2D eigenvalue weighted by Gasteiger charge is -2.20. The Labute approximate surface area is 193 Å². The van der Waals surface area contributed by atoms with Gasteiger partial charge in [0.05, 0.1) is 16.8 Å². The fraction of sp³-hybridized carbons (Fsp3) is 0.208. The Morgan fingerprint density at radius 3 is 2.68 bits per heavy atom. The molecule has 0 bridgehead atoms. The number of hydrogen-bond donors (Lipinski definition) is 0. The van der Waals surface area contributed by atoms with Crippen LogP contribution >= 0.6 is 27.3 Å². The molecule has 158 valence electrons. The van der Waals surface area contributed by atoms with Crippen LogP contribution in [0.2, 0.25) is 0 Å². The number of thiazole rings is 1. The predicted octanol–water partition coefficient (Wildman–Crippen LogP) is 6.19. The van der Waals surface area contributed by atoms with Crippen molar-refractivity contribution in [3.8, 4) is 5.75 Å². The number of pyridine rings is 1. The van der Waals surface area contributed by atoms with Gasteiger partial charge in [0.2, 0.25) is 0 Å². The first kappa shape index (κ1) is 21.5. The molecular formula is C24H22BrN3O2S. The molecule has 2 aromatic heterocycles. The van der Waals surface area contributed by atoms with Gasteiger partial charge in [0.1, 0.15) is 5.75 Å². The average Bonchev–Trinajstić information content (AvgIpc) is 3.19. The molecule has 0 spiro atoms. The van der Waals surface area contributed by atoms with Crippen LogP contribution in [-0.2, 0) is 11.3 Å². The van der Waals surface area contributed by atoms with E-state index in [2.05, 4.69) is 39.7 Å². The number of carbonyl (C=O) groups excluding carboxylic acids is 1. The molecule has 0 atom stereocenters. The minimum Gasteiger partial charge on any atom is -0.484 e. The highest BCUT2D eigenvalue weighted by Gasteiger charge is 2.21. The van der Waals surface area contributed by atoms with Crippen molar-refractivity contribution in [3.05, 3.63) is 82.6 Å². The smallest absolute Gasteiger partial charge is 0.267 e. The molecule has 4 rings (SSSR count). The summed E-state index contributed by atoms with van der Waals surface area (Å²) >= 11 is 4.98. The summed E-state index contributed by atoms with van der Waals surface area (Å²) in [4.78, 5) is 23.7. The molecule has 0 radical (unpaired) electrons. The molecule has 0 fully saturated rings. The maximum Gasteiger partial charge on any atom is 0.267 e. The quantitative estimate of drug-likeness (QED) is 0.306. The lowest BCUT2D eigenvalue weighted by molar-refractivity contribution is -0.120. The Morgan fingerprint density at radius 2 is 1.97 bits per heavy atom. The van der Waals surface area contributed by atoms with E-state index in [0.29, 0.717) is 23.3 Å². The Hall–Kier alpha value is -2.77. The molecule has 5 nitrogen and oxygen atoms in total. The van der Waals surface area contributed by atoms with Gasteiger partial charge >= 0.3 is 0 Å². The molecule has 0 saturated carbocycles. The van der Waals surface area contributed by atoms with Gasteiger partial charge in [0.25, 0.3) is 5.91 Å². The lowest BCUT2D eigenvalue weighted by atomic mass is 10.0. The summed E-state index contributed by atoms with van der Waals surface area (Å²) in [7, 11) is 0. The van der Waals surface area contributed by atoms with Crippen LogP contribution in [0, 0.1) is 0 Å². The maximum atomic E-state index is 13.2. The number of benzene rings is 2. The predicted molar refractivity (Wildman–Crippen MR) is 129 cm³/mol. The number of fused-ring (bicyclic) bond motifs is 1. The van der Waals surface area contributed by atoms with E-state index in [9.17, 15) is 4.79 Å². The summed E-state index contributed by atoms with van der Waals surface area (Å²) in [5.41, 5.74) is 3.02. The second-order valence-corrected chi connectivity index (χ2v) is 9.39. The summed E-state index contributed by atoms with van der Waals surface area (Å²) in [5.74, 6) is 0.965. The minimum atomic E-state index is -0.157. The zero-order chi connectivity index (χ0) is 21.8. The summed E-state index contributed by atoms with van der Waals surface area (Å²) in [5, 5.41) is 0.640. The van der Waals surface area contributed by atoms with E-state index in [4.69, 9.17) is 4.74 Å². The monoisotopic (exact) mass is 495 g/mol. The second kappa shape index (κ2) is 9.58. The summed E-state index contributed by atoms with van der Waals surface area (Å²) in [6, 6.07) is 17.6. The van der Waals surface area contributed by atoms with E-state index in [1.807, 2.05) is 54.6 Å². The molecular weight excluding hydrogens is 474 g/mol. The van der Waals surface area contributed by atoms with Crippen LogP contribution in [0.3, 0.4) is 0 Å². The van der Waals surface area contributed by atoms with Crippen molar-refractivity contribution >= 4 is 48.5 Å². The van der Waals surface area contributed by atoms with Crippen LogP contribution in [0.1, 0.15) is 30.9 Å². The van der Waals surface area contributed by atoms with Crippen LogP contribution in [0.5, 0.6) is 5.75 Å². The van der Waals surface area contributed by atoms with Crippen molar-refractivity contribution in [2.75, 3.05) is 11.5 Å². The van der Waals surface area contributed by atoms with Gasteiger partial charge in [0, 0.05) is 16.9 Å². The first-order chi connectivity index (χ1) is 15.0. The molecule has 2 aromatic carbocycles. The van der Waals surface area contributed by atoms with Crippen molar-refractivity contribution in [1.29, 1.82) is 0 Å². The highest BCUT2D eigenvalue weighted by molar-refractivity contribution is 9.10. The second-order valence-electron chi connectivity index (χ2n) is 7.46. The fourth-order valence-electron chi connectivity index (χ4n) is 3.11. The first-order valence-corrected chi connectivity index (χ1v) is 11.6. The van der Waals surface area contributed by atoms with Gasteiger partial charge in [-0.15, -0.1) is 0 Å². The van der Waals surface area contributed by atoms with Crippen LogP contribution in [-0.4, -0.2) is 22.5 Å². The summed E-state index contributed by atoms with van der Waals surface area (Å²) in [6.45, 7) is 4.60. The van der Waals surface area contributed by atoms with Crippen LogP contribution < -0.4 is 9.64 Å². The number of carbonyl (C=O) groups is 1. The number of anilines is 1. The van der Waals surface area contributed by atoms with Crippen LogP contribution in [0.25, 0.3) is 10.2 Å². The molecule has 31 heavy (non-hydrogen) atoms. The molecule has 4 aromatic rings. The summed E-state index contributed by atoms with van der Waals surface area (Å²) in [6.07, 6.45) is 3.48. The molecule has 1 amide bonds. The molecule has 7 heteroatoms. The average molecular weight is 496 g/mol. The molecule has 0 aliphatic rings. The van der Waals surface area contributed by atoms with Crippen molar-refractivity contribution in [2.24, 2.45) is 0 Å². The zero-order valence-corrected chi connectivity index (χ0v) is 19.7. The molecule has 0 unspecified atom stereocenters. The number of halogens is 1.